The summed E-state index contributed by atoms with van der Waals surface area (Å²) in [6, 6.07) is 5.71. The van der Waals surface area contributed by atoms with Crippen molar-refractivity contribution in [3.05, 3.63) is 65.1 Å². The highest BCUT2D eigenvalue weighted by atomic mass is 19.1. The number of fused-ring (bicyclic) bond motifs is 1. The van der Waals surface area contributed by atoms with Crippen LogP contribution in [0.1, 0.15) is 47.9 Å². The Morgan fingerprint density at radius 2 is 1.94 bits per heavy atom. The second-order valence-electron chi connectivity index (χ2n) is 7.11. The molecule has 0 radical (unpaired) electrons. The molecule has 2 heterocycles. The Bertz CT molecular complexity index is 1090. The first-order valence-corrected chi connectivity index (χ1v) is 9.90. The van der Waals surface area contributed by atoms with Crippen LogP contribution in [0, 0.1) is 18.6 Å². The van der Waals surface area contributed by atoms with Gasteiger partial charge in [0.1, 0.15) is 30.0 Å². The number of imidazole rings is 1. The van der Waals surface area contributed by atoms with Crippen LogP contribution >= 0.6 is 0 Å². The Kier molecular flexibility index (Phi) is 6.84. The normalized spacial score (nSPS) is 12.0. The van der Waals surface area contributed by atoms with Crippen LogP contribution < -0.4 is 10.1 Å². The van der Waals surface area contributed by atoms with Crippen LogP contribution in [0.2, 0.25) is 0 Å². The number of hydrogen-bond acceptors (Lipinski definition) is 4. The lowest BCUT2D eigenvalue weighted by molar-refractivity contribution is -0.139. The number of halogens is 2. The molecule has 3 aromatic rings. The van der Waals surface area contributed by atoms with E-state index in [1.54, 1.807) is 25.3 Å². The molecule has 2 N–H and O–H groups in total. The van der Waals surface area contributed by atoms with Gasteiger partial charge in [0.25, 0.3) is 5.91 Å². The fraction of sp³-hybridized carbons (Fsp3) is 0.318. The van der Waals surface area contributed by atoms with Crippen molar-refractivity contribution in [1.29, 1.82) is 0 Å². The molecular weight excluding hydrogens is 408 g/mol. The predicted octanol–water partition coefficient (Wildman–Crippen LogP) is 3.87. The zero-order valence-electron chi connectivity index (χ0n) is 17.2. The lowest BCUT2D eigenvalue weighted by Gasteiger charge is -2.14. The average molecular weight is 431 g/mol. The minimum atomic E-state index is -1.11. The lowest BCUT2D eigenvalue weighted by atomic mass is 10.1. The largest absolute Gasteiger partial charge is 0.485 e. The Morgan fingerprint density at radius 1 is 1.23 bits per heavy atom. The Labute approximate surface area is 177 Å². The standard InChI is InChI=1S/C22H23F2N3O4/c1-3-4-9-17(22(29)30)26-21(28)19-13(2)25-20-18(10-6-11-27(19)20)31-12-14-15(23)7-5-8-16(14)24/h5-8,10-11,17H,3-4,9,12H2,1-2H3,(H,26,28)(H,29,30)/t17-/m0/s1. The number of pyridine rings is 1. The van der Waals surface area contributed by atoms with E-state index >= 15 is 0 Å². The zero-order chi connectivity index (χ0) is 22.5. The maximum absolute atomic E-state index is 13.9. The van der Waals surface area contributed by atoms with Gasteiger partial charge in [0.15, 0.2) is 11.4 Å². The number of amides is 1. The van der Waals surface area contributed by atoms with Crippen LogP contribution in [0.5, 0.6) is 5.75 Å². The summed E-state index contributed by atoms with van der Waals surface area (Å²) in [5.41, 5.74) is 0.596. The number of benzene rings is 1. The summed E-state index contributed by atoms with van der Waals surface area (Å²) in [4.78, 5) is 28.6. The first-order valence-electron chi connectivity index (χ1n) is 9.90. The van der Waals surface area contributed by atoms with Gasteiger partial charge >= 0.3 is 5.97 Å². The Hall–Kier alpha value is -3.49. The summed E-state index contributed by atoms with van der Waals surface area (Å²) in [6.45, 7) is 3.19. The zero-order valence-corrected chi connectivity index (χ0v) is 17.2. The molecule has 31 heavy (non-hydrogen) atoms. The molecule has 9 heteroatoms. The minimum absolute atomic E-state index is 0.167. The number of nitrogens with one attached hydrogen (secondary N) is 1. The van der Waals surface area contributed by atoms with Crippen LogP contribution in [0.15, 0.2) is 36.5 Å². The second-order valence-corrected chi connectivity index (χ2v) is 7.11. The van der Waals surface area contributed by atoms with E-state index in [2.05, 4.69) is 10.3 Å². The van der Waals surface area contributed by atoms with Crippen molar-refractivity contribution in [2.45, 2.75) is 45.8 Å². The molecular formula is C22H23F2N3O4. The molecule has 0 spiro atoms. The van der Waals surface area contributed by atoms with Gasteiger partial charge in [0, 0.05) is 6.20 Å². The Balaban J connectivity index is 1.87. The number of carboxylic acids is 1. The van der Waals surface area contributed by atoms with Crippen LogP contribution in [0.3, 0.4) is 0 Å². The number of carboxylic acid groups (broad SMARTS) is 1. The summed E-state index contributed by atoms with van der Waals surface area (Å²) < 4.78 is 34.8. The van der Waals surface area contributed by atoms with E-state index in [9.17, 15) is 23.5 Å². The number of carbonyl (C=O) groups is 2. The number of unbranched alkanes of at least 4 members (excludes halogenated alkanes) is 1. The smallest absolute Gasteiger partial charge is 0.326 e. The maximum Gasteiger partial charge on any atom is 0.326 e. The molecule has 0 fully saturated rings. The molecule has 0 aliphatic heterocycles. The quantitative estimate of drug-likeness (QED) is 0.537. The highest BCUT2D eigenvalue weighted by Gasteiger charge is 2.24. The Morgan fingerprint density at radius 3 is 2.58 bits per heavy atom. The number of nitrogens with zero attached hydrogens (tertiary/aromatic N) is 2. The van der Waals surface area contributed by atoms with E-state index in [1.807, 2.05) is 6.92 Å². The molecule has 2 aromatic heterocycles. The van der Waals surface area contributed by atoms with Crippen molar-refractivity contribution in [2.24, 2.45) is 0 Å². The summed E-state index contributed by atoms with van der Waals surface area (Å²) in [5.74, 6) is -2.90. The van der Waals surface area contributed by atoms with Crippen molar-refractivity contribution in [3.63, 3.8) is 0 Å². The molecule has 1 aromatic carbocycles. The molecule has 164 valence electrons. The monoisotopic (exact) mass is 431 g/mol. The molecule has 3 rings (SSSR count). The van der Waals surface area contributed by atoms with Gasteiger partial charge in [0.05, 0.1) is 11.3 Å². The number of carbonyl (C=O) groups excluding carboxylic acids is 1. The van der Waals surface area contributed by atoms with Gasteiger partial charge in [-0.25, -0.2) is 18.6 Å². The first kappa shape index (κ1) is 22.2. The van der Waals surface area contributed by atoms with E-state index in [4.69, 9.17) is 4.74 Å². The van der Waals surface area contributed by atoms with Crippen LogP contribution in [0.4, 0.5) is 8.78 Å². The molecule has 0 saturated carbocycles. The van der Waals surface area contributed by atoms with Crippen LogP contribution in [0.25, 0.3) is 5.65 Å². The van der Waals surface area contributed by atoms with Gasteiger partial charge in [-0.1, -0.05) is 25.8 Å². The number of ether oxygens (including phenoxy) is 1. The first-order chi connectivity index (χ1) is 14.8. The molecule has 0 aliphatic carbocycles. The van der Waals surface area contributed by atoms with E-state index in [0.29, 0.717) is 18.5 Å². The van der Waals surface area contributed by atoms with Gasteiger partial charge < -0.3 is 15.2 Å². The van der Waals surface area contributed by atoms with Gasteiger partial charge in [0.2, 0.25) is 0 Å². The summed E-state index contributed by atoms with van der Waals surface area (Å²) in [5, 5.41) is 11.9. The third-order valence-electron chi connectivity index (χ3n) is 4.89. The predicted molar refractivity (Wildman–Crippen MR) is 109 cm³/mol. The van der Waals surface area contributed by atoms with Gasteiger partial charge in [-0.2, -0.15) is 0 Å². The van der Waals surface area contributed by atoms with E-state index in [1.165, 1.54) is 10.5 Å². The molecule has 0 unspecified atom stereocenters. The van der Waals surface area contributed by atoms with Gasteiger partial charge in [-0.05, 0) is 37.6 Å². The SMILES string of the molecule is CCCC[C@H](NC(=O)c1c(C)nc2c(OCc3c(F)cccc3F)cccn12)C(=O)O. The maximum atomic E-state index is 13.9. The molecule has 7 nitrogen and oxygen atoms in total. The fourth-order valence-corrected chi connectivity index (χ4v) is 3.25. The van der Waals surface area contributed by atoms with E-state index in [-0.39, 0.29) is 29.3 Å². The molecule has 1 amide bonds. The number of aliphatic carboxylic acids is 1. The molecule has 1 atom stereocenters. The second kappa shape index (κ2) is 9.55. The highest BCUT2D eigenvalue weighted by Crippen LogP contribution is 2.24. The van der Waals surface area contributed by atoms with Crippen molar-refractivity contribution >= 4 is 17.5 Å². The third kappa shape index (κ3) is 4.82. The fourth-order valence-electron chi connectivity index (χ4n) is 3.25. The third-order valence-corrected chi connectivity index (χ3v) is 4.89. The molecule has 0 saturated heterocycles. The van der Waals surface area contributed by atoms with Crippen LogP contribution in [-0.4, -0.2) is 32.4 Å². The summed E-state index contributed by atoms with van der Waals surface area (Å²) in [7, 11) is 0. The van der Waals surface area contributed by atoms with Gasteiger partial charge in [-0.3, -0.25) is 9.20 Å². The molecule has 0 aliphatic rings. The van der Waals surface area contributed by atoms with E-state index in [0.717, 1.165) is 18.6 Å². The van der Waals surface area contributed by atoms with Crippen molar-refractivity contribution in [2.75, 3.05) is 0 Å². The summed E-state index contributed by atoms with van der Waals surface area (Å²) in [6.07, 6.45) is 3.37. The van der Waals surface area contributed by atoms with Crippen molar-refractivity contribution < 1.29 is 28.2 Å². The van der Waals surface area contributed by atoms with Crippen molar-refractivity contribution in [3.8, 4) is 5.75 Å². The number of aryl methyl sites for hydroxylation is 1. The number of aromatic nitrogens is 2. The topological polar surface area (TPSA) is 92.9 Å². The minimum Gasteiger partial charge on any atom is -0.485 e. The average Bonchev–Trinajstić information content (AvgIpc) is 3.07. The van der Waals surface area contributed by atoms with Crippen molar-refractivity contribution in [1.82, 2.24) is 14.7 Å². The van der Waals surface area contributed by atoms with Crippen LogP contribution in [-0.2, 0) is 11.4 Å². The number of rotatable bonds is 9. The highest BCUT2D eigenvalue weighted by molar-refractivity contribution is 5.97. The summed E-state index contributed by atoms with van der Waals surface area (Å²) >= 11 is 0. The van der Waals surface area contributed by atoms with Gasteiger partial charge in [-0.15, -0.1) is 0 Å². The molecule has 0 bridgehead atoms. The number of hydrogen-bond donors (Lipinski definition) is 2. The van der Waals surface area contributed by atoms with E-state index < -0.39 is 29.6 Å². The lowest BCUT2D eigenvalue weighted by Crippen LogP contribution is -2.41.